The summed E-state index contributed by atoms with van der Waals surface area (Å²) in [5, 5.41) is 9.44. The van der Waals surface area contributed by atoms with E-state index in [0.29, 0.717) is 30.8 Å². The maximum atomic E-state index is 13.8. The fourth-order valence-electron chi connectivity index (χ4n) is 3.60. The minimum absolute atomic E-state index is 0.0778. The Balaban J connectivity index is 1.34. The second-order valence-electron chi connectivity index (χ2n) is 8.20. The van der Waals surface area contributed by atoms with Crippen molar-refractivity contribution < 1.29 is 22.9 Å². The Hall–Kier alpha value is -3.55. The molecule has 1 aliphatic carbocycles. The van der Waals surface area contributed by atoms with Gasteiger partial charge in [-0.2, -0.15) is 0 Å². The number of hydrogen-bond donors (Lipinski definition) is 2. The van der Waals surface area contributed by atoms with Gasteiger partial charge < -0.3 is 15.2 Å². The lowest BCUT2D eigenvalue weighted by Gasteiger charge is -2.17. The number of halogens is 2. The first-order valence-corrected chi connectivity index (χ1v) is 10.3. The zero-order chi connectivity index (χ0) is 22.8. The van der Waals surface area contributed by atoms with E-state index in [1.165, 1.54) is 18.3 Å². The van der Waals surface area contributed by atoms with Crippen LogP contribution in [0.1, 0.15) is 47.9 Å². The second kappa shape index (κ2) is 8.53. The molecule has 4 rings (SSSR count). The number of anilines is 2. The van der Waals surface area contributed by atoms with Gasteiger partial charge in [-0.1, -0.05) is 35.5 Å². The third kappa shape index (κ3) is 4.85. The number of benzene rings is 2. The molecule has 0 bridgehead atoms. The molecule has 1 fully saturated rings. The summed E-state index contributed by atoms with van der Waals surface area (Å²) in [4.78, 5) is 24.9. The van der Waals surface area contributed by atoms with Gasteiger partial charge in [-0.15, -0.1) is 0 Å². The maximum Gasteiger partial charge on any atom is 0.272 e. The van der Waals surface area contributed by atoms with Gasteiger partial charge in [0.2, 0.25) is 17.5 Å². The van der Waals surface area contributed by atoms with E-state index in [9.17, 15) is 18.4 Å². The summed E-state index contributed by atoms with van der Waals surface area (Å²) in [7, 11) is 0. The Bertz CT molecular complexity index is 1100. The average Bonchev–Trinajstić information content (AvgIpc) is 3.33. The second-order valence-corrected chi connectivity index (χ2v) is 8.20. The van der Waals surface area contributed by atoms with Crippen LogP contribution in [0.5, 0.6) is 0 Å². The maximum absolute atomic E-state index is 13.8. The number of carbonyl (C=O) groups excluding carboxylic acids is 2. The van der Waals surface area contributed by atoms with Gasteiger partial charge in [0, 0.05) is 42.9 Å². The highest BCUT2D eigenvalue weighted by atomic mass is 19.3. The fourth-order valence-corrected chi connectivity index (χ4v) is 3.60. The highest BCUT2D eigenvalue weighted by molar-refractivity contribution is 5.98. The molecule has 32 heavy (non-hydrogen) atoms. The van der Waals surface area contributed by atoms with Crippen LogP contribution in [0.3, 0.4) is 0 Å². The molecule has 0 aliphatic heterocycles. The van der Waals surface area contributed by atoms with Crippen LogP contribution >= 0.6 is 0 Å². The molecule has 0 saturated heterocycles. The Kier molecular flexibility index (Phi) is 5.78. The van der Waals surface area contributed by atoms with Crippen molar-refractivity contribution in [3.8, 4) is 0 Å². The summed E-state index contributed by atoms with van der Waals surface area (Å²) in [5.74, 6) is -3.19. The normalized spacial score (nSPS) is 14.6. The monoisotopic (exact) mass is 439 g/mol. The molecule has 8 heteroatoms. The van der Waals surface area contributed by atoms with Crippen LogP contribution in [-0.4, -0.2) is 16.8 Å². The third-order valence-electron chi connectivity index (χ3n) is 5.63. The number of amides is 1. The van der Waals surface area contributed by atoms with Crippen molar-refractivity contribution in [1.82, 2.24) is 10.5 Å². The molecule has 2 N–H and O–H groups in total. The molecule has 166 valence electrons. The van der Waals surface area contributed by atoms with Crippen LogP contribution in [-0.2, 0) is 17.3 Å². The standard InChI is InChI=1S/C24H23F2N3O3/c1-23(25,26)18-4-2-3-5-19(18)29-17-8-6-16(7-9-17)15-27-22(31)24(11-12-24)14-20(30)21-10-13-28-32-21/h2-10,13,29H,11-12,14-15H2,1H3,(H,27,31). The zero-order valence-corrected chi connectivity index (χ0v) is 17.5. The van der Waals surface area contributed by atoms with Gasteiger partial charge in [0.25, 0.3) is 5.92 Å². The Morgan fingerprint density at radius 3 is 2.44 bits per heavy atom. The molecular formula is C24H23F2N3O3. The predicted molar refractivity (Wildman–Crippen MR) is 115 cm³/mol. The lowest BCUT2D eigenvalue weighted by atomic mass is 9.97. The zero-order valence-electron chi connectivity index (χ0n) is 17.5. The number of hydrogen-bond acceptors (Lipinski definition) is 5. The number of alkyl halides is 2. The largest absolute Gasteiger partial charge is 0.355 e. The molecule has 2 aromatic carbocycles. The molecular weight excluding hydrogens is 416 g/mol. The first-order chi connectivity index (χ1) is 15.3. The molecule has 1 aliphatic rings. The topological polar surface area (TPSA) is 84.2 Å². The highest BCUT2D eigenvalue weighted by Crippen LogP contribution is 2.49. The van der Waals surface area contributed by atoms with E-state index in [2.05, 4.69) is 15.8 Å². The Labute approximate surface area is 184 Å². The molecule has 3 aromatic rings. The van der Waals surface area contributed by atoms with Crippen molar-refractivity contribution in [3.63, 3.8) is 0 Å². The van der Waals surface area contributed by atoms with Crippen molar-refractivity contribution in [1.29, 1.82) is 0 Å². The van der Waals surface area contributed by atoms with Gasteiger partial charge in [-0.3, -0.25) is 9.59 Å². The summed E-state index contributed by atoms with van der Waals surface area (Å²) in [6, 6.07) is 14.9. The summed E-state index contributed by atoms with van der Waals surface area (Å²) < 4.78 is 32.5. The van der Waals surface area contributed by atoms with Crippen LogP contribution in [0.15, 0.2) is 65.3 Å². The number of rotatable bonds is 9. The van der Waals surface area contributed by atoms with Crippen LogP contribution < -0.4 is 10.6 Å². The number of ketones is 1. The molecule has 0 unspecified atom stereocenters. The van der Waals surface area contributed by atoms with E-state index < -0.39 is 11.3 Å². The smallest absolute Gasteiger partial charge is 0.272 e. The van der Waals surface area contributed by atoms with Crippen LogP contribution in [0.2, 0.25) is 0 Å². The molecule has 1 amide bonds. The highest BCUT2D eigenvalue weighted by Gasteiger charge is 2.51. The Morgan fingerprint density at radius 2 is 1.81 bits per heavy atom. The first-order valence-electron chi connectivity index (χ1n) is 10.3. The van der Waals surface area contributed by atoms with Crippen molar-refractivity contribution in [2.75, 3.05) is 5.32 Å². The van der Waals surface area contributed by atoms with Crippen LogP contribution in [0.4, 0.5) is 20.2 Å². The first kappa shape index (κ1) is 21.7. The lowest BCUT2D eigenvalue weighted by molar-refractivity contribution is -0.126. The third-order valence-corrected chi connectivity index (χ3v) is 5.63. The van der Waals surface area contributed by atoms with Gasteiger partial charge in [0.05, 0.1) is 11.6 Å². The molecule has 1 aromatic heterocycles. The average molecular weight is 439 g/mol. The number of para-hydroxylation sites is 1. The van der Waals surface area contributed by atoms with Gasteiger partial charge >= 0.3 is 0 Å². The minimum atomic E-state index is -2.96. The van der Waals surface area contributed by atoms with E-state index in [1.54, 1.807) is 30.3 Å². The SMILES string of the molecule is CC(F)(F)c1ccccc1Nc1ccc(CNC(=O)C2(CC(=O)c3ccno3)CC2)cc1. The number of Topliss-reactive ketones (excluding diaryl/α,β-unsaturated/α-hetero) is 1. The number of nitrogens with one attached hydrogen (secondary N) is 2. The molecule has 1 heterocycles. The van der Waals surface area contributed by atoms with Gasteiger partial charge in [0.1, 0.15) is 0 Å². The van der Waals surface area contributed by atoms with Gasteiger partial charge in [-0.25, -0.2) is 8.78 Å². The molecule has 0 spiro atoms. The van der Waals surface area contributed by atoms with Crippen molar-refractivity contribution in [3.05, 3.63) is 77.7 Å². The predicted octanol–water partition coefficient (Wildman–Crippen LogP) is 5.20. The van der Waals surface area contributed by atoms with Crippen molar-refractivity contribution >= 4 is 23.1 Å². The summed E-state index contributed by atoms with van der Waals surface area (Å²) >= 11 is 0. The Morgan fingerprint density at radius 1 is 1.09 bits per heavy atom. The molecule has 0 radical (unpaired) electrons. The molecule has 0 atom stereocenters. The van der Waals surface area contributed by atoms with Gasteiger partial charge in [0.15, 0.2) is 0 Å². The molecule has 6 nitrogen and oxygen atoms in total. The number of carbonyl (C=O) groups is 2. The summed E-state index contributed by atoms with van der Waals surface area (Å²) in [6.07, 6.45) is 2.81. The molecule has 1 saturated carbocycles. The summed E-state index contributed by atoms with van der Waals surface area (Å²) in [5.41, 5.74) is 1.10. The van der Waals surface area contributed by atoms with E-state index in [4.69, 9.17) is 4.52 Å². The van der Waals surface area contributed by atoms with E-state index in [1.807, 2.05) is 12.1 Å². The fraction of sp³-hybridized carbons (Fsp3) is 0.292. The van der Waals surface area contributed by atoms with Gasteiger partial charge in [-0.05, 0) is 36.6 Å². The summed E-state index contributed by atoms with van der Waals surface area (Å²) in [6.45, 7) is 1.17. The van der Waals surface area contributed by atoms with Crippen molar-refractivity contribution in [2.24, 2.45) is 5.41 Å². The minimum Gasteiger partial charge on any atom is -0.355 e. The lowest BCUT2D eigenvalue weighted by Crippen LogP contribution is -2.33. The quantitative estimate of drug-likeness (QED) is 0.448. The van der Waals surface area contributed by atoms with E-state index >= 15 is 0 Å². The van der Waals surface area contributed by atoms with Crippen LogP contribution in [0, 0.1) is 5.41 Å². The van der Waals surface area contributed by atoms with E-state index in [0.717, 1.165) is 12.5 Å². The van der Waals surface area contributed by atoms with Crippen molar-refractivity contribution in [2.45, 2.75) is 38.7 Å². The van der Waals surface area contributed by atoms with E-state index in [-0.39, 0.29) is 29.4 Å². The number of nitrogens with zero attached hydrogens (tertiary/aromatic N) is 1. The number of aromatic nitrogens is 1. The van der Waals surface area contributed by atoms with Crippen LogP contribution in [0.25, 0.3) is 0 Å².